The van der Waals surface area contributed by atoms with Crippen molar-refractivity contribution in [2.75, 3.05) is 24.6 Å². The minimum Gasteiger partial charge on any atom is -0.395 e. The number of aliphatic hydroxyl groups excluding tert-OH is 1. The number of thiazole rings is 1. The molecule has 0 saturated heterocycles. The fourth-order valence-corrected chi connectivity index (χ4v) is 1.82. The molecule has 10 heteroatoms. The van der Waals surface area contributed by atoms with Gasteiger partial charge < -0.3 is 10.0 Å². The molecule has 1 aromatic rings. The minimum absolute atomic E-state index is 0.136. The third-order valence-corrected chi connectivity index (χ3v) is 2.68. The van der Waals surface area contributed by atoms with Crippen molar-refractivity contribution in [3.63, 3.8) is 0 Å². The molecule has 0 atom stereocenters. The van der Waals surface area contributed by atoms with E-state index in [0.717, 1.165) is 11.1 Å². The van der Waals surface area contributed by atoms with Crippen molar-refractivity contribution in [1.82, 2.24) is 4.98 Å². The Morgan fingerprint density at radius 3 is 2.65 bits per heavy atom. The summed E-state index contributed by atoms with van der Waals surface area (Å²) in [6.07, 6.45) is -3.57. The zero-order chi connectivity index (χ0) is 13.1. The highest BCUT2D eigenvalue weighted by molar-refractivity contribution is 7.18. The van der Waals surface area contributed by atoms with Crippen LogP contribution in [0.3, 0.4) is 0 Å². The van der Waals surface area contributed by atoms with E-state index in [1.54, 1.807) is 0 Å². The van der Waals surface area contributed by atoms with Crippen LogP contribution in [0.4, 0.5) is 23.3 Å². The van der Waals surface area contributed by atoms with Crippen LogP contribution in [0, 0.1) is 10.1 Å². The first-order chi connectivity index (χ1) is 7.83. The molecule has 0 unspecified atom stereocenters. The number of aliphatic hydroxyl groups is 1. The van der Waals surface area contributed by atoms with Gasteiger partial charge in [0.1, 0.15) is 12.7 Å². The third kappa shape index (κ3) is 4.15. The zero-order valence-electron chi connectivity index (χ0n) is 8.35. The van der Waals surface area contributed by atoms with Gasteiger partial charge >= 0.3 is 11.2 Å². The lowest BCUT2D eigenvalue weighted by atomic mass is 10.5. The molecule has 0 bridgehead atoms. The number of anilines is 1. The molecule has 1 N–H and O–H groups in total. The molecule has 1 heterocycles. The number of aromatic nitrogens is 1. The van der Waals surface area contributed by atoms with Gasteiger partial charge in [-0.1, -0.05) is 0 Å². The van der Waals surface area contributed by atoms with Crippen molar-refractivity contribution in [2.45, 2.75) is 6.18 Å². The highest BCUT2D eigenvalue weighted by Gasteiger charge is 2.32. The molecule has 1 rings (SSSR count). The third-order valence-electron chi connectivity index (χ3n) is 1.67. The van der Waals surface area contributed by atoms with Crippen LogP contribution in [0.25, 0.3) is 0 Å². The van der Waals surface area contributed by atoms with Gasteiger partial charge in [-0.15, -0.1) is 0 Å². The molecular formula is C7H8F3N3O3S. The summed E-state index contributed by atoms with van der Waals surface area (Å²) < 4.78 is 36.6. The summed E-state index contributed by atoms with van der Waals surface area (Å²) in [5.41, 5.74) is 0. The van der Waals surface area contributed by atoms with Crippen LogP contribution < -0.4 is 4.90 Å². The van der Waals surface area contributed by atoms with E-state index < -0.39 is 24.3 Å². The molecule has 17 heavy (non-hydrogen) atoms. The Morgan fingerprint density at radius 2 is 2.24 bits per heavy atom. The van der Waals surface area contributed by atoms with Gasteiger partial charge in [-0.25, -0.2) is 4.98 Å². The molecule has 0 aliphatic rings. The highest BCUT2D eigenvalue weighted by Crippen LogP contribution is 2.30. The molecule has 96 valence electrons. The first-order valence-electron chi connectivity index (χ1n) is 4.36. The van der Waals surface area contributed by atoms with Gasteiger partial charge in [-0.3, -0.25) is 10.1 Å². The van der Waals surface area contributed by atoms with E-state index in [9.17, 15) is 23.3 Å². The Labute approximate surface area is 97.5 Å². The predicted molar refractivity (Wildman–Crippen MR) is 54.1 cm³/mol. The summed E-state index contributed by atoms with van der Waals surface area (Å²) in [5, 5.41) is 18.5. The van der Waals surface area contributed by atoms with Crippen LogP contribution >= 0.6 is 11.3 Å². The van der Waals surface area contributed by atoms with Crippen LogP contribution in [0.5, 0.6) is 0 Å². The van der Waals surface area contributed by atoms with E-state index >= 15 is 0 Å². The molecule has 1 aromatic heterocycles. The van der Waals surface area contributed by atoms with Gasteiger partial charge in [0.2, 0.25) is 0 Å². The largest absolute Gasteiger partial charge is 0.406 e. The first-order valence-corrected chi connectivity index (χ1v) is 5.18. The van der Waals surface area contributed by atoms with E-state index in [-0.39, 0.29) is 16.7 Å². The maximum atomic E-state index is 12.2. The standard InChI is InChI=1S/C7H8F3N3O3S/c8-7(9,10)4-12(1-2-14)6-11-3-5(17-6)13(15)16/h3,14H,1-2,4H2. The number of halogens is 3. The van der Waals surface area contributed by atoms with Crippen molar-refractivity contribution >= 4 is 21.5 Å². The van der Waals surface area contributed by atoms with Gasteiger partial charge in [0.25, 0.3) is 0 Å². The molecule has 0 aliphatic heterocycles. The fourth-order valence-electron chi connectivity index (χ4n) is 1.07. The number of hydrogen-bond donors (Lipinski definition) is 1. The Kier molecular flexibility index (Phi) is 4.23. The zero-order valence-corrected chi connectivity index (χ0v) is 9.16. The van der Waals surface area contributed by atoms with Gasteiger partial charge in [0.05, 0.1) is 11.5 Å². The number of nitrogens with zero attached hydrogens (tertiary/aromatic N) is 3. The lowest BCUT2D eigenvalue weighted by Gasteiger charge is -2.21. The van der Waals surface area contributed by atoms with Crippen LogP contribution in [0.15, 0.2) is 6.20 Å². The van der Waals surface area contributed by atoms with Gasteiger partial charge in [0.15, 0.2) is 5.13 Å². The lowest BCUT2D eigenvalue weighted by molar-refractivity contribution is -0.380. The van der Waals surface area contributed by atoms with Crippen molar-refractivity contribution in [1.29, 1.82) is 0 Å². The number of rotatable bonds is 5. The van der Waals surface area contributed by atoms with Crippen LogP contribution in [0.1, 0.15) is 0 Å². The van der Waals surface area contributed by atoms with Crippen LogP contribution in [-0.4, -0.2) is 40.9 Å². The number of hydrogen-bond acceptors (Lipinski definition) is 6. The van der Waals surface area contributed by atoms with Gasteiger partial charge in [0, 0.05) is 6.54 Å². The van der Waals surface area contributed by atoms with Crippen LogP contribution in [0.2, 0.25) is 0 Å². The molecule has 0 amide bonds. The Morgan fingerprint density at radius 1 is 1.59 bits per heavy atom. The molecule has 0 aliphatic carbocycles. The van der Waals surface area contributed by atoms with Crippen molar-refractivity contribution in [2.24, 2.45) is 0 Å². The van der Waals surface area contributed by atoms with Gasteiger partial charge in [-0.05, 0) is 11.3 Å². The summed E-state index contributed by atoms with van der Waals surface area (Å²) in [6, 6.07) is 0. The normalized spacial score (nSPS) is 11.5. The Hall–Kier alpha value is -1.42. The topological polar surface area (TPSA) is 79.5 Å². The van der Waals surface area contributed by atoms with E-state index in [1.807, 2.05) is 0 Å². The van der Waals surface area contributed by atoms with Crippen molar-refractivity contribution < 1.29 is 23.2 Å². The van der Waals surface area contributed by atoms with Crippen LogP contribution in [-0.2, 0) is 0 Å². The smallest absolute Gasteiger partial charge is 0.395 e. The summed E-state index contributed by atoms with van der Waals surface area (Å²) in [6.45, 7) is -2.09. The molecule has 0 spiro atoms. The minimum atomic E-state index is -4.46. The van der Waals surface area contributed by atoms with E-state index in [4.69, 9.17) is 5.11 Å². The average Bonchev–Trinajstić information content (AvgIpc) is 2.63. The summed E-state index contributed by atoms with van der Waals surface area (Å²) >= 11 is 0.534. The second kappa shape index (κ2) is 5.27. The molecule has 0 fully saturated rings. The Balaban J connectivity index is 2.85. The average molecular weight is 271 g/mol. The number of alkyl halides is 3. The highest BCUT2D eigenvalue weighted by atomic mass is 32.1. The second-order valence-electron chi connectivity index (χ2n) is 3.00. The molecule has 0 radical (unpaired) electrons. The SMILES string of the molecule is O=[N+]([O-])c1cnc(N(CCO)CC(F)(F)F)s1. The quantitative estimate of drug-likeness (QED) is 0.647. The second-order valence-corrected chi connectivity index (χ2v) is 3.99. The lowest BCUT2D eigenvalue weighted by Crippen LogP contribution is -2.36. The summed E-state index contributed by atoms with van der Waals surface area (Å²) in [5.74, 6) is 0. The molecule has 0 aromatic carbocycles. The predicted octanol–water partition coefficient (Wildman–Crippen LogP) is 1.41. The van der Waals surface area contributed by atoms with E-state index in [0.29, 0.717) is 11.3 Å². The summed E-state index contributed by atoms with van der Waals surface area (Å²) in [7, 11) is 0. The molecule has 6 nitrogen and oxygen atoms in total. The molecular weight excluding hydrogens is 263 g/mol. The first kappa shape index (κ1) is 13.6. The van der Waals surface area contributed by atoms with Crippen molar-refractivity contribution in [3.05, 3.63) is 16.3 Å². The van der Waals surface area contributed by atoms with Crippen molar-refractivity contribution in [3.8, 4) is 0 Å². The van der Waals surface area contributed by atoms with E-state index in [1.165, 1.54) is 0 Å². The number of nitro groups is 1. The maximum absolute atomic E-state index is 12.2. The maximum Gasteiger partial charge on any atom is 0.406 e. The summed E-state index contributed by atoms with van der Waals surface area (Å²) in [4.78, 5) is 13.9. The van der Waals surface area contributed by atoms with E-state index in [2.05, 4.69) is 4.98 Å². The molecule has 0 saturated carbocycles. The monoisotopic (exact) mass is 271 g/mol. The fraction of sp³-hybridized carbons (Fsp3) is 0.571. The Bertz CT molecular complexity index is 395. The van der Waals surface area contributed by atoms with Gasteiger partial charge in [-0.2, -0.15) is 13.2 Å².